The van der Waals surface area contributed by atoms with Gasteiger partial charge in [0.25, 0.3) is 11.8 Å². The molecule has 10 nitrogen and oxygen atoms in total. The van der Waals surface area contributed by atoms with Gasteiger partial charge in [-0.1, -0.05) is 12.1 Å². The van der Waals surface area contributed by atoms with Gasteiger partial charge in [-0.25, -0.2) is 4.90 Å². The summed E-state index contributed by atoms with van der Waals surface area (Å²) in [5.41, 5.74) is 1.93. The molecule has 1 fully saturated rings. The van der Waals surface area contributed by atoms with Crippen LogP contribution >= 0.6 is 0 Å². The maximum Gasteiger partial charge on any atom is 0.257 e. The summed E-state index contributed by atoms with van der Waals surface area (Å²) in [7, 11) is 1.50. The minimum Gasteiger partial charge on any atom is -0.497 e. The quantitative estimate of drug-likeness (QED) is 0.480. The van der Waals surface area contributed by atoms with Crippen LogP contribution in [-0.4, -0.2) is 48.5 Å². The first-order valence-corrected chi connectivity index (χ1v) is 11.9. The molecule has 2 aliphatic heterocycles. The maximum atomic E-state index is 13.8. The van der Waals surface area contributed by atoms with Crippen molar-refractivity contribution in [3.63, 3.8) is 0 Å². The van der Waals surface area contributed by atoms with E-state index in [1.54, 1.807) is 66.7 Å². The smallest absolute Gasteiger partial charge is 0.257 e. The lowest BCUT2D eigenvalue weighted by molar-refractivity contribution is -0.122. The Kier molecular flexibility index (Phi) is 6.69. The second kappa shape index (κ2) is 10.3. The minimum atomic E-state index is -1.03. The lowest BCUT2D eigenvalue weighted by Gasteiger charge is -2.28. The van der Waals surface area contributed by atoms with E-state index in [9.17, 15) is 19.2 Å². The summed E-state index contributed by atoms with van der Waals surface area (Å²) < 4.78 is 16.1. The van der Waals surface area contributed by atoms with Gasteiger partial charge < -0.3 is 24.4 Å². The van der Waals surface area contributed by atoms with Crippen LogP contribution < -0.4 is 24.4 Å². The van der Waals surface area contributed by atoms with Crippen LogP contribution in [0, 0.1) is 0 Å². The molecule has 1 atom stereocenters. The van der Waals surface area contributed by atoms with Crippen molar-refractivity contribution >= 4 is 35.0 Å². The van der Waals surface area contributed by atoms with E-state index in [1.165, 1.54) is 18.9 Å². The Bertz CT molecular complexity index is 1420. The molecule has 0 radical (unpaired) electrons. The molecule has 2 aliphatic rings. The number of amides is 4. The van der Waals surface area contributed by atoms with Gasteiger partial charge in [0.2, 0.25) is 18.6 Å². The van der Waals surface area contributed by atoms with Gasteiger partial charge in [0, 0.05) is 24.7 Å². The number of carbonyl (C=O) groups excluding carboxylic acids is 4. The first kappa shape index (κ1) is 24.8. The van der Waals surface area contributed by atoms with Crippen molar-refractivity contribution in [1.29, 1.82) is 0 Å². The fourth-order valence-electron chi connectivity index (χ4n) is 4.51. The van der Waals surface area contributed by atoms with Gasteiger partial charge >= 0.3 is 0 Å². The van der Waals surface area contributed by atoms with Crippen molar-refractivity contribution in [3.8, 4) is 17.2 Å². The molecule has 194 valence electrons. The zero-order chi connectivity index (χ0) is 26.8. The number of imide groups is 1. The van der Waals surface area contributed by atoms with Gasteiger partial charge in [0.15, 0.2) is 11.5 Å². The molecule has 1 unspecified atom stereocenters. The van der Waals surface area contributed by atoms with Crippen LogP contribution in [0.3, 0.4) is 0 Å². The molecule has 3 aromatic carbocycles. The van der Waals surface area contributed by atoms with Crippen molar-refractivity contribution in [2.24, 2.45) is 0 Å². The summed E-state index contributed by atoms with van der Waals surface area (Å²) in [6.45, 7) is 1.56. The molecule has 3 aromatic rings. The highest BCUT2D eigenvalue weighted by Crippen LogP contribution is 2.34. The monoisotopic (exact) mass is 515 g/mol. The van der Waals surface area contributed by atoms with E-state index in [2.05, 4.69) is 5.32 Å². The molecule has 4 amide bonds. The van der Waals surface area contributed by atoms with Gasteiger partial charge in [0.05, 0.1) is 19.2 Å². The lowest BCUT2D eigenvalue weighted by Crippen LogP contribution is -2.45. The summed E-state index contributed by atoms with van der Waals surface area (Å²) in [4.78, 5) is 54.3. The zero-order valence-corrected chi connectivity index (χ0v) is 20.8. The SMILES string of the molecule is COc1cccc(C(=O)N(Cc2ccc3c(c2)OCO3)C2CC(=O)N(c3ccc(NC(C)=O)cc3)C2=O)c1. The summed E-state index contributed by atoms with van der Waals surface area (Å²) >= 11 is 0. The summed E-state index contributed by atoms with van der Waals surface area (Å²) in [5.74, 6) is 0.0395. The number of hydrogen-bond donors (Lipinski definition) is 1. The fourth-order valence-corrected chi connectivity index (χ4v) is 4.51. The number of fused-ring (bicyclic) bond motifs is 1. The molecule has 0 spiro atoms. The molecule has 10 heteroatoms. The number of anilines is 2. The largest absolute Gasteiger partial charge is 0.497 e. The molecule has 0 saturated carbocycles. The number of hydrogen-bond acceptors (Lipinski definition) is 7. The third-order valence-corrected chi connectivity index (χ3v) is 6.31. The average Bonchev–Trinajstić information content (AvgIpc) is 3.50. The molecule has 0 aliphatic carbocycles. The van der Waals surface area contributed by atoms with E-state index in [4.69, 9.17) is 14.2 Å². The molecular weight excluding hydrogens is 490 g/mol. The first-order valence-electron chi connectivity index (χ1n) is 11.9. The maximum absolute atomic E-state index is 13.8. The molecule has 38 heavy (non-hydrogen) atoms. The fraction of sp³-hybridized carbons (Fsp3) is 0.214. The Morgan fingerprint density at radius 1 is 1.03 bits per heavy atom. The highest BCUT2D eigenvalue weighted by atomic mass is 16.7. The molecule has 1 saturated heterocycles. The minimum absolute atomic E-state index is 0.0612. The number of methoxy groups -OCH3 is 1. The van der Waals surface area contributed by atoms with Gasteiger partial charge in [-0.15, -0.1) is 0 Å². The van der Waals surface area contributed by atoms with Gasteiger partial charge in [-0.3, -0.25) is 19.2 Å². The topological polar surface area (TPSA) is 114 Å². The summed E-state index contributed by atoms with van der Waals surface area (Å²) in [6, 6.07) is 17.3. The number of rotatable bonds is 7. The van der Waals surface area contributed by atoms with Crippen molar-refractivity contribution in [2.75, 3.05) is 24.1 Å². The summed E-state index contributed by atoms with van der Waals surface area (Å²) in [6.07, 6.45) is -0.174. The molecule has 0 aromatic heterocycles. The van der Waals surface area contributed by atoms with Gasteiger partial charge in [0.1, 0.15) is 11.8 Å². The number of ether oxygens (including phenoxy) is 3. The Labute approximate surface area is 218 Å². The van der Waals surface area contributed by atoms with Crippen molar-refractivity contribution in [1.82, 2.24) is 4.90 Å². The second-order valence-electron chi connectivity index (χ2n) is 8.87. The normalized spacial score (nSPS) is 15.9. The third kappa shape index (κ3) is 4.88. The van der Waals surface area contributed by atoms with Crippen LogP contribution in [0.1, 0.15) is 29.3 Å². The standard InChI is InChI=1S/C28H25N3O7/c1-17(32)29-20-7-9-21(10-8-20)31-26(33)14-23(28(31)35)30(27(34)19-4-3-5-22(13-19)36-2)15-18-6-11-24-25(12-18)38-16-37-24/h3-13,23H,14-16H2,1-2H3,(H,29,32). The Morgan fingerprint density at radius 2 is 1.79 bits per heavy atom. The average molecular weight is 516 g/mol. The van der Waals surface area contributed by atoms with Gasteiger partial charge in [-0.2, -0.15) is 0 Å². The molecule has 0 bridgehead atoms. The van der Waals surface area contributed by atoms with Crippen LogP contribution in [0.25, 0.3) is 0 Å². The van der Waals surface area contributed by atoms with Crippen LogP contribution in [-0.2, 0) is 20.9 Å². The molecule has 1 N–H and O–H groups in total. The van der Waals surface area contributed by atoms with Crippen LogP contribution in [0.15, 0.2) is 66.7 Å². The first-order chi connectivity index (χ1) is 18.3. The Balaban J connectivity index is 1.46. The van der Waals surface area contributed by atoms with E-state index in [0.717, 1.165) is 4.90 Å². The third-order valence-electron chi connectivity index (χ3n) is 6.31. The number of carbonyl (C=O) groups is 4. The predicted molar refractivity (Wildman–Crippen MR) is 137 cm³/mol. The molecule has 2 heterocycles. The van der Waals surface area contributed by atoms with Crippen LogP contribution in [0.2, 0.25) is 0 Å². The van der Waals surface area contributed by atoms with E-state index in [-0.39, 0.29) is 25.7 Å². The lowest BCUT2D eigenvalue weighted by atomic mass is 10.1. The van der Waals surface area contributed by atoms with E-state index in [0.29, 0.717) is 39.8 Å². The van der Waals surface area contributed by atoms with E-state index < -0.39 is 23.8 Å². The summed E-state index contributed by atoms with van der Waals surface area (Å²) in [5, 5.41) is 2.65. The van der Waals surface area contributed by atoms with Crippen LogP contribution in [0.4, 0.5) is 11.4 Å². The van der Waals surface area contributed by atoms with E-state index >= 15 is 0 Å². The van der Waals surface area contributed by atoms with Crippen LogP contribution in [0.5, 0.6) is 17.2 Å². The Hall–Kier alpha value is -4.86. The number of nitrogens with one attached hydrogen (secondary N) is 1. The highest BCUT2D eigenvalue weighted by Gasteiger charge is 2.44. The highest BCUT2D eigenvalue weighted by molar-refractivity contribution is 6.23. The van der Waals surface area contributed by atoms with Crippen molar-refractivity contribution in [3.05, 3.63) is 77.9 Å². The zero-order valence-electron chi connectivity index (χ0n) is 20.8. The Morgan fingerprint density at radius 3 is 2.53 bits per heavy atom. The van der Waals surface area contributed by atoms with Gasteiger partial charge in [-0.05, 0) is 60.2 Å². The van der Waals surface area contributed by atoms with Crippen molar-refractivity contribution < 1.29 is 33.4 Å². The van der Waals surface area contributed by atoms with E-state index in [1.807, 2.05) is 0 Å². The second-order valence-corrected chi connectivity index (χ2v) is 8.87. The predicted octanol–water partition coefficient (Wildman–Crippen LogP) is 3.36. The number of nitrogens with zero attached hydrogens (tertiary/aromatic N) is 2. The molecular formula is C28H25N3O7. The van der Waals surface area contributed by atoms with Crippen molar-refractivity contribution in [2.45, 2.75) is 25.9 Å². The number of benzene rings is 3. The molecule has 5 rings (SSSR count).